The summed E-state index contributed by atoms with van der Waals surface area (Å²) < 4.78 is 1.01. The van der Waals surface area contributed by atoms with Crippen LogP contribution in [-0.4, -0.2) is 19.9 Å². The van der Waals surface area contributed by atoms with Gasteiger partial charge in [0.05, 0.1) is 22.1 Å². The van der Waals surface area contributed by atoms with E-state index < -0.39 is 0 Å². The number of nitrogens with zero attached hydrogens (tertiary/aromatic N) is 4. The Morgan fingerprint density at radius 3 is 1.37 bits per heavy atom. The second-order valence-electron chi connectivity index (χ2n) is 8.53. The molecule has 164 valence electrons. The van der Waals surface area contributed by atoms with Crippen molar-refractivity contribution in [1.82, 2.24) is 19.9 Å². The first kappa shape index (κ1) is 20.2. The number of aromatic nitrogens is 4. The summed E-state index contributed by atoms with van der Waals surface area (Å²) in [5.41, 5.74) is 8.13. The molecule has 4 nitrogen and oxygen atoms in total. The summed E-state index contributed by atoms with van der Waals surface area (Å²) in [7, 11) is 0. The molecule has 7 rings (SSSR count). The minimum absolute atomic E-state index is 0.911. The first-order chi connectivity index (χ1) is 17.3. The van der Waals surface area contributed by atoms with Crippen molar-refractivity contribution in [2.45, 2.75) is 0 Å². The predicted molar refractivity (Wildman–Crippen MR) is 146 cm³/mol. The zero-order valence-electron chi connectivity index (χ0n) is 18.5. The Hall–Kier alpha value is -4.22. The Bertz CT molecular complexity index is 1790. The number of benzene rings is 3. The van der Waals surface area contributed by atoms with Gasteiger partial charge in [0.2, 0.25) is 0 Å². The van der Waals surface area contributed by atoms with E-state index in [-0.39, 0.29) is 0 Å². The van der Waals surface area contributed by atoms with E-state index in [0.717, 1.165) is 70.3 Å². The maximum absolute atomic E-state index is 4.68. The fourth-order valence-corrected chi connectivity index (χ4v) is 5.42. The molecule has 7 aromatic rings. The highest BCUT2D eigenvalue weighted by molar-refractivity contribution is 9.10. The van der Waals surface area contributed by atoms with Crippen LogP contribution < -0.4 is 0 Å². The average molecular weight is 513 g/mol. The quantitative estimate of drug-likeness (QED) is 0.220. The van der Waals surface area contributed by atoms with E-state index >= 15 is 0 Å². The summed E-state index contributed by atoms with van der Waals surface area (Å²) in [6.45, 7) is 0. The number of rotatable bonds is 2. The van der Waals surface area contributed by atoms with Gasteiger partial charge in [0.15, 0.2) is 0 Å². The molecule has 0 saturated heterocycles. The first-order valence-electron chi connectivity index (χ1n) is 11.3. The zero-order chi connectivity index (χ0) is 23.4. The smallest absolute Gasteiger partial charge is 0.0970 e. The molecule has 5 heteroatoms. The normalized spacial score (nSPS) is 11.6. The summed E-state index contributed by atoms with van der Waals surface area (Å²) in [5, 5.41) is 4.30. The van der Waals surface area contributed by atoms with Gasteiger partial charge < -0.3 is 0 Å². The Labute approximate surface area is 209 Å². The highest BCUT2D eigenvalue weighted by atomic mass is 79.9. The molecule has 0 bridgehead atoms. The van der Waals surface area contributed by atoms with Crippen molar-refractivity contribution in [3.63, 3.8) is 0 Å². The van der Waals surface area contributed by atoms with Gasteiger partial charge in [-0.2, -0.15) is 0 Å². The number of hydrogen-bond acceptors (Lipinski definition) is 4. The highest BCUT2D eigenvalue weighted by Crippen LogP contribution is 2.39. The van der Waals surface area contributed by atoms with Crippen molar-refractivity contribution >= 4 is 59.5 Å². The Morgan fingerprint density at radius 2 is 0.886 bits per heavy atom. The fraction of sp³-hybridized carbons (Fsp3) is 0. The lowest BCUT2D eigenvalue weighted by atomic mass is 9.93. The van der Waals surface area contributed by atoms with Gasteiger partial charge in [0.25, 0.3) is 0 Å². The molecule has 0 aliphatic carbocycles. The van der Waals surface area contributed by atoms with Gasteiger partial charge in [-0.3, -0.25) is 19.9 Å². The Balaban J connectivity index is 1.54. The van der Waals surface area contributed by atoms with Gasteiger partial charge in [-0.1, -0.05) is 40.2 Å². The molecular formula is C30H17BrN4. The van der Waals surface area contributed by atoms with Crippen molar-refractivity contribution in [3.8, 4) is 22.3 Å². The third-order valence-electron chi connectivity index (χ3n) is 6.44. The fourth-order valence-electron chi connectivity index (χ4n) is 4.93. The number of pyridine rings is 4. The van der Waals surface area contributed by atoms with Gasteiger partial charge in [0.1, 0.15) is 0 Å². The maximum Gasteiger partial charge on any atom is 0.0970 e. The number of hydrogen-bond donors (Lipinski definition) is 0. The summed E-state index contributed by atoms with van der Waals surface area (Å²) in [6, 6.07) is 27.3. The number of halogens is 1. The average Bonchev–Trinajstić information content (AvgIpc) is 2.92. The van der Waals surface area contributed by atoms with E-state index in [9.17, 15) is 0 Å². The lowest BCUT2D eigenvalue weighted by Crippen LogP contribution is -1.91. The van der Waals surface area contributed by atoms with Crippen molar-refractivity contribution in [2.75, 3.05) is 0 Å². The van der Waals surface area contributed by atoms with Crippen LogP contribution in [-0.2, 0) is 0 Å². The van der Waals surface area contributed by atoms with Crippen molar-refractivity contribution in [3.05, 3.63) is 108 Å². The summed E-state index contributed by atoms with van der Waals surface area (Å²) in [5.74, 6) is 0. The van der Waals surface area contributed by atoms with Gasteiger partial charge in [-0.05, 0) is 76.9 Å². The zero-order valence-corrected chi connectivity index (χ0v) is 20.1. The molecule has 0 fully saturated rings. The van der Waals surface area contributed by atoms with E-state index in [1.165, 1.54) is 0 Å². The van der Waals surface area contributed by atoms with Crippen molar-refractivity contribution < 1.29 is 0 Å². The largest absolute Gasteiger partial charge is 0.254 e. The topological polar surface area (TPSA) is 51.6 Å². The molecule has 0 aliphatic rings. The lowest BCUT2D eigenvalue weighted by Gasteiger charge is -2.14. The molecule has 35 heavy (non-hydrogen) atoms. The summed E-state index contributed by atoms with van der Waals surface area (Å²) in [6.07, 6.45) is 7.30. The summed E-state index contributed by atoms with van der Waals surface area (Å²) in [4.78, 5) is 18.6. The van der Waals surface area contributed by atoms with Gasteiger partial charge in [-0.25, -0.2) is 0 Å². The van der Waals surface area contributed by atoms with E-state index in [1.54, 1.807) is 0 Å². The van der Waals surface area contributed by atoms with Crippen LogP contribution in [0.3, 0.4) is 0 Å². The summed E-state index contributed by atoms with van der Waals surface area (Å²) >= 11 is 3.78. The van der Waals surface area contributed by atoms with Crippen LogP contribution in [0.15, 0.2) is 108 Å². The third kappa shape index (κ3) is 3.27. The predicted octanol–water partition coefficient (Wildman–Crippen LogP) is 7.98. The van der Waals surface area contributed by atoms with Crippen LogP contribution in [0.1, 0.15) is 0 Å². The van der Waals surface area contributed by atoms with Crippen LogP contribution in [0.4, 0.5) is 0 Å². The molecule has 0 aliphatic heterocycles. The Morgan fingerprint density at radius 1 is 0.457 bits per heavy atom. The Kier molecular flexibility index (Phi) is 4.57. The molecule has 0 N–H and O–H groups in total. The van der Waals surface area contributed by atoms with Crippen LogP contribution in [0.25, 0.3) is 65.9 Å². The highest BCUT2D eigenvalue weighted by Gasteiger charge is 2.14. The third-order valence-corrected chi connectivity index (χ3v) is 6.90. The van der Waals surface area contributed by atoms with Crippen LogP contribution in [0.5, 0.6) is 0 Å². The first-order valence-corrected chi connectivity index (χ1v) is 12.1. The molecule has 4 heterocycles. The lowest BCUT2D eigenvalue weighted by molar-refractivity contribution is 1.37. The minimum atomic E-state index is 0.911. The van der Waals surface area contributed by atoms with Crippen LogP contribution in [0.2, 0.25) is 0 Å². The van der Waals surface area contributed by atoms with Gasteiger partial charge in [0, 0.05) is 50.8 Å². The van der Waals surface area contributed by atoms with E-state index in [2.05, 4.69) is 90.5 Å². The molecule has 0 amide bonds. The molecular weight excluding hydrogens is 496 g/mol. The van der Waals surface area contributed by atoms with Crippen LogP contribution >= 0.6 is 15.9 Å². The molecule has 0 radical (unpaired) electrons. The molecule has 4 aromatic heterocycles. The maximum atomic E-state index is 4.68. The van der Waals surface area contributed by atoms with Gasteiger partial charge in [-0.15, -0.1) is 0 Å². The second kappa shape index (κ2) is 7.93. The minimum Gasteiger partial charge on any atom is -0.254 e. The van der Waals surface area contributed by atoms with Crippen molar-refractivity contribution in [1.29, 1.82) is 0 Å². The number of fused-ring (bicyclic) bond motifs is 6. The van der Waals surface area contributed by atoms with Gasteiger partial charge >= 0.3 is 0 Å². The standard InChI is InChI=1S/C30H17BrN4/c31-22-14-20(25-16-18-5-1-9-32-27(18)29-23(25)7-3-11-34-29)13-21(15-22)26-17-19-6-2-10-33-28(19)30-24(26)8-4-12-35-30/h1-17H. The van der Waals surface area contributed by atoms with E-state index in [4.69, 9.17) is 0 Å². The van der Waals surface area contributed by atoms with E-state index in [0.29, 0.717) is 0 Å². The molecule has 0 saturated carbocycles. The molecule has 0 spiro atoms. The second-order valence-corrected chi connectivity index (χ2v) is 9.44. The molecule has 0 atom stereocenters. The molecule has 0 unspecified atom stereocenters. The SMILES string of the molecule is Brc1cc(-c2cc3cccnc3c3ncccc23)cc(-c2cc3cccnc3c3ncccc23)c1. The molecule has 3 aromatic carbocycles. The monoisotopic (exact) mass is 512 g/mol. The van der Waals surface area contributed by atoms with Crippen molar-refractivity contribution in [2.24, 2.45) is 0 Å². The van der Waals surface area contributed by atoms with E-state index in [1.807, 2.05) is 49.1 Å². The van der Waals surface area contributed by atoms with Crippen LogP contribution in [0, 0.1) is 0 Å².